The second-order valence-electron chi connectivity index (χ2n) is 5.09. The van der Waals surface area contributed by atoms with Crippen LogP contribution in [0.5, 0.6) is 5.75 Å². The molecule has 0 aromatic heterocycles. The van der Waals surface area contributed by atoms with E-state index in [0.717, 1.165) is 31.6 Å². The lowest BCUT2D eigenvalue weighted by molar-refractivity contribution is 0.139. The van der Waals surface area contributed by atoms with Crippen molar-refractivity contribution in [2.75, 3.05) is 19.8 Å². The van der Waals surface area contributed by atoms with Crippen molar-refractivity contribution >= 4 is 0 Å². The first-order chi connectivity index (χ1) is 9.15. The average Bonchev–Trinajstić information content (AvgIpc) is 2.42. The summed E-state index contributed by atoms with van der Waals surface area (Å²) in [6.07, 6.45) is 2.80. The van der Waals surface area contributed by atoms with Crippen LogP contribution in [-0.2, 0) is 0 Å². The van der Waals surface area contributed by atoms with Gasteiger partial charge in [0, 0.05) is 5.54 Å². The first-order valence-corrected chi connectivity index (χ1v) is 7.21. The van der Waals surface area contributed by atoms with Crippen LogP contribution >= 0.6 is 0 Å². The van der Waals surface area contributed by atoms with Gasteiger partial charge in [-0.05, 0) is 50.4 Å². The Balaban J connectivity index is 2.36. The summed E-state index contributed by atoms with van der Waals surface area (Å²) >= 11 is 0. The molecule has 1 atom stereocenters. The number of ether oxygens (including phenoxy) is 1. The van der Waals surface area contributed by atoms with Crippen LogP contribution in [0.25, 0.3) is 0 Å². The third kappa shape index (κ3) is 5.21. The molecule has 0 fully saturated rings. The molecule has 0 heterocycles. The first-order valence-electron chi connectivity index (χ1n) is 7.21. The molecule has 0 spiro atoms. The van der Waals surface area contributed by atoms with Crippen LogP contribution < -0.4 is 10.1 Å². The fourth-order valence-corrected chi connectivity index (χ4v) is 2.32. The molecular weight excluding hydrogens is 238 g/mol. The SMILES string of the molecule is CCNC(CC)(CO)CCCOc1cccc(C)c1. The monoisotopic (exact) mass is 265 g/mol. The third-order valence-corrected chi connectivity index (χ3v) is 3.59. The summed E-state index contributed by atoms with van der Waals surface area (Å²) in [6, 6.07) is 8.10. The molecule has 2 N–H and O–H groups in total. The van der Waals surface area contributed by atoms with Crippen molar-refractivity contribution in [3.8, 4) is 5.75 Å². The van der Waals surface area contributed by atoms with E-state index in [-0.39, 0.29) is 12.1 Å². The number of rotatable bonds is 9. The summed E-state index contributed by atoms with van der Waals surface area (Å²) in [6.45, 7) is 8.00. The van der Waals surface area contributed by atoms with Gasteiger partial charge in [-0.25, -0.2) is 0 Å². The highest BCUT2D eigenvalue weighted by molar-refractivity contribution is 5.27. The van der Waals surface area contributed by atoms with Crippen molar-refractivity contribution in [3.05, 3.63) is 29.8 Å². The number of likely N-dealkylation sites (N-methyl/N-ethyl adjacent to an activating group) is 1. The smallest absolute Gasteiger partial charge is 0.119 e. The summed E-state index contributed by atoms with van der Waals surface area (Å²) in [5, 5.41) is 13.0. The van der Waals surface area contributed by atoms with Crippen molar-refractivity contribution in [3.63, 3.8) is 0 Å². The van der Waals surface area contributed by atoms with E-state index in [2.05, 4.69) is 32.2 Å². The van der Waals surface area contributed by atoms with E-state index in [1.807, 2.05) is 18.2 Å². The van der Waals surface area contributed by atoms with Crippen LogP contribution in [0.3, 0.4) is 0 Å². The summed E-state index contributed by atoms with van der Waals surface area (Å²) in [4.78, 5) is 0. The normalized spacial score (nSPS) is 14.1. The van der Waals surface area contributed by atoms with Gasteiger partial charge in [0.25, 0.3) is 0 Å². The van der Waals surface area contributed by atoms with Gasteiger partial charge < -0.3 is 15.2 Å². The van der Waals surface area contributed by atoms with Gasteiger partial charge in [-0.2, -0.15) is 0 Å². The van der Waals surface area contributed by atoms with Gasteiger partial charge in [-0.3, -0.25) is 0 Å². The van der Waals surface area contributed by atoms with E-state index in [1.54, 1.807) is 0 Å². The molecule has 3 heteroatoms. The minimum atomic E-state index is -0.148. The maximum atomic E-state index is 9.56. The van der Waals surface area contributed by atoms with E-state index in [1.165, 1.54) is 5.56 Å². The van der Waals surface area contributed by atoms with Crippen LogP contribution in [0.4, 0.5) is 0 Å². The van der Waals surface area contributed by atoms with E-state index in [9.17, 15) is 5.11 Å². The quantitative estimate of drug-likeness (QED) is 0.675. The molecule has 3 nitrogen and oxygen atoms in total. The highest BCUT2D eigenvalue weighted by Gasteiger charge is 2.25. The molecule has 0 aliphatic heterocycles. The highest BCUT2D eigenvalue weighted by Crippen LogP contribution is 2.18. The topological polar surface area (TPSA) is 41.5 Å². The van der Waals surface area contributed by atoms with Crippen molar-refractivity contribution in [2.24, 2.45) is 0 Å². The molecule has 0 bridgehead atoms. The number of aliphatic hydroxyl groups is 1. The van der Waals surface area contributed by atoms with Gasteiger partial charge in [0.1, 0.15) is 5.75 Å². The van der Waals surface area contributed by atoms with Crippen molar-refractivity contribution < 1.29 is 9.84 Å². The van der Waals surface area contributed by atoms with E-state index < -0.39 is 0 Å². The zero-order valence-electron chi connectivity index (χ0n) is 12.4. The first kappa shape index (κ1) is 16.0. The second kappa shape index (κ2) is 8.18. The molecular formula is C16H27NO2. The summed E-state index contributed by atoms with van der Waals surface area (Å²) < 4.78 is 5.74. The van der Waals surface area contributed by atoms with Crippen molar-refractivity contribution in [1.82, 2.24) is 5.32 Å². The predicted molar refractivity (Wildman–Crippen MR) is 79.7 cm³/mol. The molecule has 0 saturated heterocycles. The van der Waals surface area contributed by atoms with Crippen LogP contribution in [0.1, 0.15) is 38.7 Å². The lowest BCUT2D eigenvalue weighted by Gasteiger charge is -2.31. The fourth-order valence-electron chi connectivity index (χ4n) is 2.32. The lowest BCUT2D eigenvalue weighted by atomic mass is 9.91. The Bertz CT molecular complexity index is 362. The summed E-state index contributed by atoms with van der Waals surface area (Å²) in [5.74, 6) is 0.926. The molecule has 0 aliphatic rings. The minimum absolute atomic E-state index is 0.148. The molecule has 1 aromatic rings. The third-order valence-electron chi connectivity index (χ3n) is 3.59. The van der Waals surface area contributed by atoms with E-state index in [4.69, 9.17) is 4.74 Å². The Morgan fingerprint density at radius 2 is 2.11 bits per heavy atom. The van der Waals surface area contributed by atoms with Crippen molar-refractivity contribution in [2.45, 2.75) is 45.6 Å². The predicted octanol–water partition coefficient (Wildman–Crippen LogP) is 2.90. The number of benzene rings is 1. The van der Waals surface area contributed by atoms with Crippen LogP contribution in [0, 0.1) is 6.92 Å². The number of aliphatic hydroxyl groups excluding tert-OH is 1. The molecule has 0 radical (unpaired) electrons. The molecule has 0 saturated carbocycles. The van der Waals surface area contributed by atoms with Gasteiger partial charge in [0.15, 0.2) is 0 Å². The second-order valence-corrected chi connectivity index (χ2v) is 5.09. The molecule has 108 valence electrons. The van der Waals surface area contributed by atoms with E-state index >= 15 is 0 Å². The Kier molecular flexibility index (Phi) is 6.89. The van der Waals surface area contributed by atoms with Gasteiger partial charge in [0.2, 0.25) is 0 Å². The maximum absolute atomic E-state index is 9.56. The van der Waals surface area contributed by atoms with E-state index in [0.29, 0.717) is 6.61 Å². The minimum Gasteiger partial charge on any atom is -0.494 e. The molecule has 0 aliphatic carbocycles. The number of aryl methyl sites for hydroxylation is 1. The van der Waals surface area contributed by atoms with Crippen LogP contribution in [0.2, 0.25) is 0 Å². The molecule has 1 aromatic carbocycles. The summed E-state index contributed by atoms with van der Waals surface area (Å²) in [5.41, 5.74) is 1.06. The maximum Gasteiger partial charge on any atom is 0.119 e. The highest BCUT2D eigenvalue weighted by atomic mass is 16.5. The van der Waals surface area contributed by atoms with Gasteiger partial charge in [-0.15, -0.1) is 0 Å². The Labute approximate surface area is 117 Å². The molecule has 1 unspecified atom stereocenters. The van der Waals surface area contributed by atoms with Gasteiger partial charge >= 0.3 is 0 Å². The number of hydrogen-bond donors (Lipinski definition) is 2. The Morgan fingerprint density at radius 3 is 2.68 bits per heavy atom. The zero-order chi connectivity index (χ0) is 14.1. The summed E-state index contributed by atoms with van der Waals surface area (Å²) in [7, 11) is 0. The van der Waals surface area contributed by atoms with Crippen molar-refractivity contribution in [1.29, 1.82) is 0 Å². The molecule has 19 heavy (non-hydrogen) atoms. The fraction of sp³-hybridized carbons (Fsp3) is 0.625. The van der Waals surface area contributed by atoms with Gasteiger partial charge in [-0.1, -0.05) is 26.0 Å². The number of hydrogen-bond acceptors (Lipinski definition) is 3. The van der Waals surface area contributed by atoms with Crippen LogP contribution in [0.15, 0.2) is 24.3 Å². The largest absolute Gasteiger partial charge is 0.494 e. The zero-order valence-corrected chi connectivity index (χ0v) is 12.4. The molecule has 0 amide bonds. The average molecular weight is 265 g/mol. The molecule has 1 rings (SSSR count). The Morgan fingerprint density at radius 1 is 1.32 bits per heavy atom. The standard InChI is InChI=1S/C16H27NO2/c1-4-16(13-18,17-5-2)10-7-11-19-15-9-6-8-14(3)12-15/h6,8-9,12,17-18H,4-5,7,10-11,13H2,1-3H3. The number of nitrogens with one attached hydrogen (secondary N) is 1. The van der Waals surface area contributed by atoms with Gasteiger partial charge in [0.05, 0.1) is 13.2 Å². The Hall–Kier alpha value is -1.06. The lowest BCUT2D eigenvalue weighted by Crippen LogP contribution is -2.48. The van der Waals surface area contributed by atoms with Crippen LogP contribution in [-0.4, -0.2) is 30.4 Å².